The van der Waals surface area contributed by atoms with Crippen molar-refractivity contribution in [1.82, 2.24) is 0 Å². The second-order valence-electron chi connectivity index (χ2n) is 26.2. The summed E-state index contributed by atoms with van der Waals surface area (Å²) in [7, 11) is 5.96. The second kappa shape index (κ2) is 75.9. The molecule has 0 aliphatic rings. The van der Waals surface area contributed by atoms with Gasteiger partial charge in [0.05, 0.1) is 34.4 Å². The van der Waals surface area contributed by atoms with E-state index >= 15 is 0 Å². The molecule has 2 atom stereocenters. The predicted molar refractivity (Wildman–Crippen MR) is 419 cm³/mol. The van der Waals surface area contributed by atoms with Gasteiger partial charge in [0.15, 0.2) is 6.10 Å². The van der Waals surface area contributed by atoms with Crippen molar-refractivity contribution in [3.63, 3.8) is 0 Å². The van der Waals surface area contributed by atoms with E-state index in [0.29, 0.717) is 17.4 Å². The largest absolute Gasteiger partial charge is 0.477 e. The minimum absolute atomic E-state index is 0.175. The quantitative estimate of drug-likeness (QED) is 0.0211. The van der Waals surface area contributed by atoms with Gasteiger partial charge in [-0.3, -0.25) is 9.59 Å². The van der Waals surface area contributed by atoms with Crippen molar-refractivity contribution in [3.05, 3.63) is 194 Å². The maximum atomic E-state index is 13.0. The predicted octanol–water partition coefficient (Wildman–Crippen LogP) is 24.9. The fourth-order valence-electron chi connectivity index (χ4n) is 10.0. The van der Waals surface area contributed by atoms with Gasteiger partial charge < -0.3 is 28.5 Å². The standard InChI is InChI=1S/C88H141NO8/c1-6-8-10-12-14-16-18-20-22-24-26-28-30-32-34-36-38-40-41-42-43-44-45-47-49-51-53-55-57-59-61-63-65-67-69-71-73-75-77-79-86(91)97-84(83-96-88(87(92)93)94-81-80-89(3,4)5)82-95-85(90)78-76-74-72-70-68-66-64-62-60-58-56-54-52-50-48-46-39-37-35-33-31-29-27-25-23-21-19-17-15-13-11-9-7-2/h8-11,14-17,20-23,26-29,32-35,38,40,42-43,45,47,51,53,57,59,63,65,84,88H,6-7,12-13,18-19,24-25,30-31,36-37,39,41,44,46,48-50,52,54-56,58,60-62,64,66-83H2,1-5H3/p+1/b10-8-,11-9-,16-14-,17-15-,22-20-,23-21-,28-26-,29-27-,34-32-,35-33-,40-38-,43-42-,47-45-,53-51-,59-57-,65-63-. The number of hydrogen-bond acceptors (Lipinski definition) is 7. The molecule has 2 unspecified atom stereocenters. The molecule has 0 aromatic heterocycles. The fraction of sp³-hybridized carbons (Fsp3) is 0.602. The van der Waals surface area contributed by atoms with Crippen LogP contribution in [0.5, 0.6) is 0 Å². The Labute approximate surface area is 595 Å². The van der Waals surface area contributed by atoms with Crippen molar-refractivity contribution in [1.29, 1.82) is 0 Å². The van der Waals surface area contributed by atoms with Crippen LogP contribution in [0.3, 0.4) is 0 Å². The van der Waals surface area contributed by atoms with Crippen LogP contribution in [-0.2, 0) is 33.3 Å². The van der Waals surface area contributed by atoms with E-state index in [1.54, 1.807) is 0 Å². The van der Waals surface area contributed by atoms with Crippen LogP contribution in [-0.4, -0.2) is 87.4 Å². The summed E-state index contributed by atoms with van der Waals surface area (Å²) < 4.78 is 23.0. The number of hydrogen-bond donors (Lipinski definition) is 1. The number of quaternary nitrogens is 1. The maximum Gasteiger partial charge on any atom is 0.361 e. The first-order chi connectivity index (χ1) is 47.6. The molecular weight excluding hydrogens is 1200 g/mol. The van der Waals surface area contributed by atoms with E-state index < -0.39 is 24.3 Å². The summed E-state index contributed by atoms with van der Waals surface area (Å²) in [5.74, 6) is -2.04. The molecular formula is C88H142NO8+. The summed E-state index contributed by atoms with van der Waals surface area (Å²) in [6, 6.07) is 0. The van der Waals surface area contributed by atoms with Crippen molar-refractivity contribution in [2.75, 3.05) is 47.5 Å². The zero-order chi connectivity index (χ0) is 70.4. The van der Waals surface area contributed by atoms with Gasteiger partial charge in [0.25, 0.3) is 6.29 Å². The van der Waals surface area contributed by atoms with Gasteiger partial charge >= 0.3 is 17.9 Å². The molecule has 0 amide bonds. The molecule has 0 heterocycles. The van der Waals surface area contributed by atoms with Gasteiger partial charge in [-0.1, -0.05) is 324 Å². The first kappa shape index (κ1) is 91.1. The van der Waals surface area contributed by atoms with Crippen LogP contribution in [0.15, 0.2) is 194 Å². The molecule has 9 heteroatoms. The number of rotatable bonds is 69. The number of likely N-dealkylation sites (N-methyl/N-ethyl adjacent to an activating group) is 1. The van der Waals surface area contributed by atoms with E-state index in [0.717, 1.165) is 154 Å². The van der Waals surface area contributed by atoms with Gasteiger partial charge in [-0.15, -0.1) is 0 Å². The summed E-state index contributed by atoms with van der Waals surface area (Å²) in [4.78, 5) is 37.7. The molecule has 0 bridgehead atoms. The lowest BCUT2D eigenvalue weighted by molar-refractivity contribution is -0.870. The number of allylic oxidation sites excluding steroid dienone is 32. The van der Waals surface area contributed by atoms with Gasteiger partial charge in [0.2, 0.25) is 0 Å². The molecule has 1 N–H and O–H groups in total. The number of carbonyl (C=O) groups is 3. The van der Waals surface area contributed by atoms with Gasteiger partial charge in [0.1, 0.15) is 13.2 Å². The Morgan fingerprint density at radius 2 is 0.557 bits per heavy atom. The number of nitrogens with zero attached hydrogens (tertiary/aromatic N) is 1. The lowest BCUT2D eigenvalue weighted by Gasteiger charge is -2.25. The highest BCUT2D eigenvalue weighted by molar-refractivity contribution is 5.71. The number of carbonyl (C=O) groups excluding carboxylic acids is 2. The third-order valence-corrected chi connectivity index (χ3v) is 15.8. The van der Waals surface area contributed by atoms with E-state index in [-0.39, 0.29) is 38.6 Å². The molecule has 0 fully saturated rings. The zero-order valence-electron chi connectivity index (χ0n) is 62.4. The Balaban J connectivity index is 4.17. The molecule has 0 rings (SSSR count). The lowest BCUT2D eigenvalue weighted by Crippen LogP contribution is -2.40. The highest BCUT2D eigenvalue weighted by Crippen LogP contribution is 2.17. The highest BCUT2D eigenvalue weighted by Gasteiger charge is 2.25. The zero-order valence-corrected chi connectivity index (χ0v) is 62.4. The van der Waals surface area contributed by atoms with Gasteiger partial charge in [0, 0.05) is 12.8 Å². The molecule has 0 saturated carbocycles. The van der Waals surface area contributed by atoms with Gasteiger partial charge in [-0.2, -0.15) is 0 Å². The van der Waals surface area contributed by atoms with Crippen LogP contribution in [0.1, 0.15) is 284 Å². The highest BCUT2D eigenvalue weighted by atomic mass is 16.7. The monoisotopic (exact) mass is 1340 g/mol. The van der Waals surface area contributed by atoms with Crippen molar-refractivity contribution in [3.8, 4) is 0 Å². The van der Waals surface area contributed by atoms with Gasteiger partial charge in [-0.25, -0.2) is 4.79 Å². The second-order valence-corrected chi connectivity index (χ2v) is 26.2. The van der Waals surface area contributed by atoms with Crippen molar-refractivity contribution >= 4 is 17.9 Å². The van der Waals surface area contributed by atoms with Gasteiger partial charge in [-0.05, 0) is 141 Å². The summed E-state index contributed by atoms with van der Waals surface area (Å²) in [6.07, 6.45) is 114. The first-order valence-corrected chi connectivity index (χ1v) is 38.6. The van der Waals surface area contributed by atoms with Crippen molar-refractivity contribution in [2.24, 2.45) is 0 Å². The van der Waals surface area contributed by atoms with Crippen LogP contribution in [0.2, 0.25) is 0 Å². The number of ether oxygens (including phenoxy) is 4. The normalized spacial score (nSPS) is 13.8. The average molecular weight is 1340 g/mol. The molecule has 0 aromatic rings. The molecule has 0 saturated heterocycles. The number of carboxylic acid groups (broad SMARTS) is 1. The summed E-state index contributed by atoms with van der Waals surface area (Å²) in [5, 5.41) is 9.77. The number of esters is 2. The van der Waals surface area contributed by atoms with Crippen molar-refractivity contribution in [2.45, 2.75) is 296 Å². The van der Waals surface area contributed by atoms with E-state index in [1.807, 2.05) is 21.1 Å². The van der Waals surface area contributed by atoms with Crippen molar-refractivity contribution < 1.29 is 42.9 Å². The molecule has 0 aromatic carbocycles. The van der Waals surface area contributed by atoms with Crippen LogP contribution in [0.4, 0.5) is 0 Å². The number of carboxylic acids is 1. The van der Waals surface area contributed by atoms with Crippen LogP contribution in [0.25, 0.3) is 0 Å². The Morgan fingerprint density at radius 1 is 0.309 bits per heavy atom. The fourth-order valence-corrected chi connectivity index (χ4v) is 10.0. The molecule has 0 aliphatic heterocycles. The van der Waals surface area contributed by atoms with E-state index in [2.05, 4.69) is 208 Å². The minimum Gasteiger partial charge on any atom is -0.477 e. The third-order valence-electron chi connectivity index (χ3n) is 15.8. The smallest absolute Gasteiger partial charge is 0.361 e. The Hall–Kier alpha value is -5.87. The van der Waals surface area contributed by atoms with E-state index in [4.69, 9.17) is 18.9 Å². The van der Waals surface area contributed by atoms with Crippen LogP contribution < -0.4 is 0 Å². The number of aliphatic carboxylic acids is 1. The van der Waals surface area contributed by atoms with E-state index in [1.165, 1.54) is 96.3 Å². The Morgan fingerprint density at radius 3 is 0.825 bits per heavy atom. The van der Waals surface area contributed by atoms with Crippen LogP contribution >= 0.6 is 0 Å². The first-order valence-electron chi connectivity index (χ1n) is 38.6. The lowest BCUT2D eigenvalue weighted by atomic mass is 10.0. The molecule has 0 radical (unpaired) electrons. The molecule has 97 heavy (non-hydrogen) atoms. The Kier molecular flexibility index (Phi) is 71.3. The summed E-state index contributed by atoms with van der Waals surface area (Å²) >= 11 is 0. The minimum atomic E-state index is -1.53. The number of unbranched alkanes of at least 4 members (excludes halogenated alkanes) is 22. The molecule has 0 spiro atoms. The topological polar surface area (TPSA) is 108 Å². The van der Waals surface area contributed by atoms with Crippen LogP contribution in [0, 0.1) is 0 Å². The third kappa shape index (κ3) is 77.4. The summed E-state index contributed by atoms with van der Waals surface area (Å²) in [5.41, 5.74) is 0. The van der Waals surface area contributed by atoms with E-state index in [9.17, 15) is 19.5 Å². The SMILES string of the molecule is CC/C=C\C/C=C\C/C=C\C/C=C\C/C=C\C/C=C\C/C=C\C/C=C\C/C=C\C/C=C\C/C=C\CCCCCCCC(=O)OC(COC(=O)CCCCCCCCCCCCCCCCCCC/C=C\C/C=C\C/C=C\C/C=C\C/C=C\CC)COC(OCC[N+](C)(C)C)C(=O)O. The maximum absolute atomic E-state index is 13.0. The average Bonchev–Trinajstić information content (AvgIpc) is 2.39. The molecule has 0 aliphatic carbocycles. The Bertz CT molecular complexity index is 2310. The summed E-state index contributed by atoms with van der Waals surface area (Å²) in [6.45, 7) is 4.62. The molecule has 546 valence electrons. The molecule has 9 nitrogen and oxygen atoms in total.